The molecule has 0 spiro atoms. The van der Waals surface area contributed by atoms with Gasteiger partial charge in [-0.3, -0.25) is 4.79 Å². The van der Waals surface area contributed by atoms with E-state index in [1.807, 2.05) is 29.0 Å². The number of carbonyl (C=O) groups is 1. The fourth-order valence-corrected chi connectivity index (χ4v) is 5.55. The minimum absolute atomic E-state index is 0.163. The molecular weight excluding hydrogens is 526 g/mol. The first kappa shape index (κ1) is 26.0. The standard InChI is InChI=1S/C28H35BrClN3O2/c1-5-19(6-2)9-7-18(4)15-31-28(34)26-22-16-35-25-14-20(29)10-11-21(25)27(22)33(32-26)24-12-8-17(3)13-23(24)30/h10-14,17-19H,5-9,15-16H2,1-4H3,(H,31,34). The Balaban J connectivity index is 1.62. The van der Waals surface area contributed by atoms with Crippen LogP contribution >= 0.6 is 27.5 Å². The lowest BCUT2D eigenvalue weighted by atomic mass is 9.93. The lowest BCUT2D eigenvalue weighted by molar-refractivity contribution is 0.0939. The molecule has 1 aliphatic heterocycles. The predicted molar refractivity (Wildman–Crippen MR) is 146 cm³/mol. The zero-order valence-electron chi connectivity index (χ0n) is 21.0. The first-order chi connectivity index (χ1) is 16.8. The van der Waals surface area contributed by atoms with Crippen LogP contribution in [0, 0.1) is 17.8 Å². The SMILES string of the molecule is CCC(CC)CCC(C)CNC(=O)c1nn(C2=CCC(C)C=C2Cl)c2c1COc1cc(Br)ccc1-2. The second kappa shape index (κ2) is 11.3. The van der Waals surface area contributed by atoms with Crippen LogP contribution in [0.4, 0.5) is 0 Å². The molecule has 2 unspecified atom stereocenters. The Morgan fingerprint density at radius 1 is 1.31 bits per heavy atom. The molecule has 2 aliphatic rings. The van der Waals surface area contributed by atoms with Gasteiger partial charge in [0.05, 0.1) is 16.4 Å². The lowest BCUT2D eigenvalue weighted by Gasteiger charge is -2.22. The van der Waals surface area contributed by atoms with Crippen LogP contribution in [0.1, 0.15) is 75.9 Å². The van der Waals surface area contributed by atoms with E-state index in [0.29, 0.717) is 29.1 Å². The summed E-state index contributed by atoms with van der Waals surface area (Å²) in [5.74, 6) is 2.14. The van der Waals surface area contributed by atoms with Gasteiger partial charge in [-0.15, -0.1) is 0 Å². The van der Waals surface area contributed by atoms with Crippen molar-refractivity contribution in [2.45, 2.75) is 66.4 Å². The molecule has 0 fully saturated rings. The smallest absolute Gasteiger partial charge is 0.272 e. The maximum atomic E-state index is 13.4. The van der Waals surface area contributed by atoms with Crippen molar-refractivity contribution in [1.29, 1.82) is 0 Å². The molecule has 2 atom stereocenters. The van der Waals surface area contributed by atoms with Gasteiger partial charge in [0.15, 0.2) is 5.69 Å². The number of benzene rings is 1. The van der Waals surface area contributed by atoms with Gasteiger partial charge in [-0.1, -0.05) is 86.6 Å². The third kappa shape index (κ3) is 5.69. The molecule has 0 bridgehead atoms. The molecule has 0 saturated carbocycles. The van der Waals surface area contributed by atoms with E-state index in [1.54, 1.807) is 0 Å². The molecule has 1 N–H and O–H groups in total. The first-order valence-corrected chi connectivity index (χ1v) is 13.9. The van der Waals surface area contributed by atoms with Gasteiger partial charge in [0.25, 0.3) is 5.91 Å². The summed E-state index contributed by atoms with van der Waals surface area (Å²) in [6, 6.07) is 5.93. The highest BCUT2D eigenvalue weighted by Gasteiger charge is 2.32. The van der Waals surface area contributed by atoms with Crippen LogP contribution in [0.5, 0.6) is 5.75 Å². The number of aromatic nitrogens is 2. The van der Waals surface area contributed by atoms with Crippen molar-refractivity contribution in [2.75, 3.05) is 6.54 Å². The number of halogens is 2. The molecule has 5 nitrogen and oxygen atoms in total. The Morgan fingerprint density at radius 3 is 2.80 bits per heavy atom. The topological polar surface area (TPSA) is 56.2 Å². The van der Waals surface area contributed by atoms with E-state index in [1.165, 1.54) is 19.3 Å². The number of amides is 1. The summed E-state index contributed by atoms with van der Waals surface area (Å²) >= 11 is 10.2. The fourth-order valence-electron chi connectivity index (χ4n) is 4.84. The van der Waals surface area contributed by atoms with Gasteiger partial charge in [-0.05, 0) is 48.8 Å². The van der Waals surface area contributed by atoms with Crippen LogP contribution < -0.4 is 10.1 Å². The Bertz CT molecular complexity index is 1150. The monoisotopic (exact) mass is 559 g/mol. The zero-order valence-corrected chi connectivity index (χ0v) is 23.4. The van der Waals surface area contributed by atoms with Gasteiger partial charge in [0.1, 0.15) is 12.4 Å². The minimum atomic E-state index is -0.163. The Labute approximate surface area is 222 Å². The molecule has 0 saturated heterocycles. The summed E-state index contributed by atoms with van der Waals surface area (Å²) in [7, 11) is 0. The van der Waals surface area contributed by atoms with Gasteiger partial charge in [0.2, 0.25) is 0 Å². The molecule has 2 aromatic rings. The molecule has 1 aromatic heterocycles. The van der Waals surface area contributed by atoms with E-state index in [-0.39, 0.29) is 12.5 Å². The van der Waals surface area contributed by atoms with Crippen LogP contribution in [0.25, 0.3) is 17.0 Å². The van der Waals surface area contributed by atoms with Gasteiger partial charge in [-0.25, -0.2) is 4.68 Å². The minimum Gasteiger partial charge on any atom is -0.488 e. The van der Waals surface area contributed by atoms with Gasteiger partial charge in [0, 0.05) is 22.1 Å². The van der Waals surface area contributed by atoms with E-state index < -0.39 is 0 Å². The van der Waals surface area contributed by atoms with Gasteiger partial charge < -0.3 is 10.1 Å². The van der Waals surface area contributed by atoms with Crippen LogP contribution in [-0.2, 0) is 6.61 Å². The van der Waals surface area contributed by atoms with Crippen LogP contribution in [0.2, 0.25) is 0 Å². The van der Waals surface area contributed by atoms with Crippen molar-refractivity contribution >= 4 is 39.1 Å². The van der Waals surface area contributed by atoms with Crippen LogP contribution in [0.3, 0.4) is 0 Å². The van der Waals surface area contributed by atoms with Crippen molar-refractivity contribution in [3.8, 4) is 17.0 Å². The summed E-state index contributed by atoms with van der Waals surface area (Å²) < 4.78 is 8.82. The average molecular weight is 561 g/mol. The van der Waals surface area contributed by atoms with E-state index >= 15 is 0 Å². The highest BCUT2D eigenvalue weighted by Crippen LogP contribution is 2.43. The predicted octanol–water partition coefficient (Wildman–Crippen LogP) is 7.79. The number of nitrogens with zero attached hydrogens (tertiary/aromatic N) is 2. The summed E-state index contributed by atoms with van der Waals surface area (Å²) in [5, 5.41) is 8.60. The van der Waals surface area contributed by atoms with E-state index in [9.17, 15) is 4.79 Å². The van der Waals surface area contributed by atoms with Crippen molar-refractivity contribution in [3.63, 3.8) is 0 Å². The van der Waals surface area contributed by atoms with E-state index in [4.69, 9.17) is 21.4 Å². The maximum absolute atomic E-state index is 13.4. The summed E-state index contributed by atoms with van der Waals surface area (Å²) in [6.07, 6.45) is 9.76. The number of fused-ring (bicyclic) bond motifs is 3. The van der Waals surface area contributed by atoms with Gasteiger partial charge in [-0.2, -0.15) is 5.10 Å². The quantitative estimate of drug-likeness (QED) is 0.340. The second-order valence-electron chi connectivity index (χ2n) is 9.91. The number of allylic oxidation sites excluding steroid dienone is 4. The number of hydrogen-bond acceptors (Lipinski definition) is 3. The highest BCUT2D eigenvalue weighted by atomic mass is 79.9. The Hall–Kier alpha value is -2.05. The fraction of sp³-hybridized carbons (Fsp3) is 0.500. The molecule has 0 radical (unpaired) electrons. The molecule has 7 heteroatoms. The molecule has 2 heterocycles. The molecule has 35 heavy (non-hydrogen) atoms. The number of rotatable bonds is 9. The van der Waals surface area contributed by atoms with Gasteiger partial charge >= 0.3 is 0 Å². The number of ether oxygens (including phenoxy) is 1. The summed E-state index contributed by atoms with van der Waals surface area (Å²) in [4.78, 5) is 13.4. The lowest BCUT2D eigenvalue weighted by Crippen LogP contribution is -2.30. The summed E-state index contributed by atoms with van der Waals surface area (Å²) in [5.41, 5.74) is 3.80. The average Bonchev–Trinajstić information content (AvgIpc) is 3.22. The van der Waals surface area contributed by atoms with Crippen LogP contribution in [0.15, 0.2) is 39.9 Å². The molecule has 1 amide bonds. The number of nitrogens with one attached hydrogen (secondary N) is 1. The normalized spacial score (nSPS) is 17.7. The third-order valence-electron chi connectivity index (χ3n) is 7.19. The van der Waals surface area contributed by atoms with Crippen LogP contribution in [-0.4, -0.2) is 22.2 Å². The van der Waals surface area contributed by atoms with Crippen molar-refractivity contribution in [2.24, 2.45) is 17.8 Å². The van der Waals surface area contributed by atoms with Crippen molar-refractivity contribution < 1.29 is 9.53 Å². The van der Waals surface area contributed by atoms with E-state index in [0.717, 1.165) is 51.5 Å². The molecule has 1 aromatic carbocycles. The Kier molecular flexibility index (Phi) is 8.43. The summed E-state index contributed by atoms with van der Waals surface area (Å²) in [6.45, 7) is 9.76. The molecular formula is C28H35BrClN3O2. The number of hydrogen-bond donors (Lipinski definition) is 1. The maximum Gasteiger partial charge on any atom is 0.272 e. The first-order valence-electron chi connectivity index (χ1n) is 12.7. The number of carbonyl (C=O) groups excluding carboxylic acids is 1. The van der Waals surface area contributed by atoms with E-state index in [2.05, 4.69) is 55.0 Å². The largest absolute Gasteiger partial charge is 0.488 e. The molecule has 1 aliphatic carbocycles. The van der Waals surface area contributed by atoms with Crippen molar-refractivity contribution in [1.82, 2.24) is 15.1 Å². The molecule has 4 rings (SSSR count). The zero-order chi connectivity index (χ0) is 25.1. The highest BCUT2D eigenvalue weighted by molar-refractivity contribution is 9.10. The second-order valence-corrected chi connectivity index (χ2v) is 11.2. The van der Waals surface area contributed by atoms with Crippen molar-refractivity contribution in [3.05, 3.63) is 51.1 Å². The molecule has 188 valence electrons. The third-order valence-corrected chi connectivity index (χ3v) is 8.00. The Morgan fingerprint density at radius 2 is 2.09 bits per heavy atom.